The predicted molar refractivity (Wildman–Crippen MR) is 73.7 cm³/mol. The van der Waals surface area contributed by atoms with Gasteiger partial charge in [-0.15, -0.1) is 0 Å². The van der Waals surface area contributed by atoms with Crippen molar-refractivity contribution in [1.29, 1.82) is 0 Å². The fraction of sp³-hybridized carbons (Fsp3) is 0.571. The van der Waals surface area contributed by atoms with Crippen molar-refractivity contribution in [1.82, 2.24) is 5.32 Å². The number of rotatable bonds is 9. The number of benzene rings is 1. The van der Waals surface area contributed by atoms with Crippen LogP contribution in [0.15, 0.2) is 24.3 Å². The third-order valence-electron chi connectivity index (χ3n) is 2.62. The second kappa shape index (κ2) is 8.74. The van der Waals surface area contributed by atoms with Crippen LogP contribution in [0.3, 0.4) is 0 Å². The Morgan fingerprint density at radius 3 is 2.37 bits per heavy atom. The third kappa shape index (κ3) is 7.00. The molecule has 2 atom stereocenters. The summed E-state index contributed by atoms with van der Waals surface area (Å²) in [4.78, 5) is 0. The molecule has 1 aromatic carbocycles. The number of aliphatic hydroxyl groups excluding tert-OH is 2. The first-order valence-corrected chi connectivity index (χ1v) is 6.45. The first-order chi connectivity index (χ1) is 9.11. The van der Waals surface area contributed by atoms with Crippen LogP contribution in [0, 0.1) is 0 Å². The first-order valence-electron chi connectivity index (χ1n) is 6.45. The van der Waals surface area contributed by atoms with Crippen LogP contribution in [-0.4, -0.2) is 49.2 Å². The molecule has 0 aliphatic heterocycles. The smallest absolute Gasteiger partial charge is 0.119 e. The molecule has 1 rings (SSSR count). The molecule has 0 saturated heterocycles. The molecule has 1 aromatic rings. The lowest BCUT2D eigenvalue weighted by Gasteiger charge is -2.14. The average Bonchev–Trinajstić information content (AvgIpc) is 2.41. The molecule has 2 unspecified atom stereocenters. The van der Waals surface area contributed by atoms with Crippen LogP contribution in [0.1, 0.15) is 13.3 Å². The topological polar surface area (TPSA) is 71.0 Å². The Morgan fingerprint density at radius 2 is 1.79 bits per heavy atom. The number of hydrogen-bond donors (Lipinski definition) is 3. The summed E-state index contributed by atoms with van der Waals surface area (Å²) >= 11 is 0. The van der Waals surface area contributed by atoms with Gasteiger partial charge in [-0.1, -0.05) is 0 Å². The Kier molecular flexibility index (Phi) is 7.25. The van der Waals surface area contributed by atoms with Crippen LogP contribution >= 0.6 is 0 Å². The molecule has 5 heteroatoms. The molecule has 0 amide bonds. The van der Waals surface area contributed by atoms with Crippen LogP contribution < -0.4 is 14.8 Å². The van der Waals surface area contributed by atoms with Crippen molar-refractivity contribution in [3.05, 3.63) is 24.3 Å². The summed E-state index contributed by atoms with van der Waals surface area (Å²) < 4.78 is 10.5. The lowest BCUT2D eigenvalue weighted by atomic mass is 10.3. The van der Waals surface area contributed by atoms with Crippen LogP contribution in [0.5, 0.6) is 11.5 Å². The van der Waals surface area contributed by atoms with E-state index in [1.54, 1.807) is 26.2 Å². The maximum atomic E-state index is 9.70. The molecule has 0 fully saturated rings. The van der Waals surface area contributed by atoms with Gasteiger partial charge in [0.15, 0.2) is 0 Å². The van der Waals surface area contributed by atoms with Gasteiger partial charge in [-0.25, -0.2) is 0 Å². The van der Waals surface area contributed by atoms with E-state index in [4.69, 9.17) is 14.6 Å². The Labute approximate surface area is 114 Å². The van der Waals surface area contributed by atoms with Crippen molar-refractivity contribution < 1.29 is 19.7 Å². The summed E-state index contributed by atoms with van der Waals surface area (Å²) in [6, 6.07) is 7.21. The second-order valence-corrected chi connectivity index (χ2v) is 4.48. The maximum Gasteiger partial charge on any atom is 0.119 e. The molecule has 0 aromatic heterocycles. The van der Waals surface area contributed by atoms with Crippen molar-refractivity contribution in [2.75, 3.05) is 26.8 Å². The summed E-state index contributed by atoms with van der Waals surface area (Å²) in [5.74, 6) is 1.47. The van der Waals surface area contributed by atoms with Gasteiger partial charge in [-0.05, 0) is 44.2 Å². The summed E-state index contributed by atoms with van der Waals surface area (Å²) in [7, 11) is 1.61. The molecule has 3 N–H and O–H groups in total. The van der Waals surface area contributed by atoms with Gasteiger partial charge in [0.1, 0.15) is 24.2 Å². The summed E-state index contributed by atoms with van der Waals surface area (Å²) in [6.45, 7) is 3.10. The van der Waals surface area contributed by atoms with Gasteiger partial charge in [-0.3, -0.25) is 0 Å². The molecule has 19 heavy (non-hydrogen) atoms. The van der Waals surface area contributed by atoms with E-state index in [9.17, 15) is 5.11 Å². The normalized spacial score (nSPS) is 13.9. The number of ether oxygens (including phenoxy) is 2. The zero-order valence-corrected chi connectivity index (χ0v) is 11.5. The predicted octanol–water partition coefficient (Wildman–Crippen LogP) is 0.795. The van der Waals surface area contributed by atoms with E-state index in [2.05, 4.69) is 5.32 Å². The molecule has 0 aliphatic carbocycles. The van der Waals surface area contributed by atoms with E-state index in [0.717, 1.165) is 5.75 Å². The molecule has 0 aliphatic rings. The Hall–Kier alpha value is -1.30. The summed E-state index contributed by atoms with van der Waals surface area (Å²) in [5, 5.41) is 21.8. The fourth-order valence-corrected chi connectivity index (χ4v) is 1.50. The Balaban J connectivity index is 2.16. The van der Waals surface area contributed by atoms with E-state index in [-0.39, 0.29) is 12.7 Å². The Morgan fingerprint density at radius 1 is 1.16 bits per heavy atom. The van der Waals surface area contributed by atoms with E-state index < -0.39 is 6.10 Å². The van der Waals surface area contributed by atoms with Crippen molar-refractivity contribution in [3.63, 3.8) is 0 Å². The standard InChI is InChI=1S/C14H23NO4/c1-11(16)7-8-15-9-12(17)10-19-14-5-3-13(18-2)4-6-14/h3-6,11-12,15-17H,7-10H2,1-2H3. The van der Waals surface area contributed by atoms with Gasteiger partial charge in [-0.2, -0.15) is 0 Å². The van der Waals surface area contributed by atoms with Crippen LogP contribution in [0.4, 0.5) is 0 Å². The molecule has 0 bridgehead atoms. The van der Waals surface area contributed by atoms with Gasteiger partial charge in [0, 0.05) is 6.54 Å². The van der Waals surface area contributed by atoms with Gasteiger partial charge < -0.3 is 25.0 Å². The van der Waals surface area contributed by atoms with E-state index in [1.807, 2.05) is 12.1 Å². The third-order valence-corrected chi connectivity index (χ3v) is 2.62. The minimum atomic E-state index is -0.573. The summed E-state index contributed by atoms with van der Waals surface area (Å²) in [6.07, 6.45) is -0.220. The lowest BCUT2D eigenvalue weighted by molar-refractivity contribution is 0.104. The molecule has 0 radical (unpaired) electrons. The zero-order valence-electron chi connectivity index (χ0n) is 11.5. The SMILES string of the molecule is COc1ccc(OCC(O)CNCCC(C)O)cc1. The monoisotopic (exact) mass is 269 g/mol. The zero-order chi connectivity index (χ0) is 14.1. The molecule has 5 nitrogen and oxygen atoms in total. The van der Waals surface area contributed by atoms with Crippen molar-refractivity contribution in [2.24, 2.45) is 0 Å². The lowest BCUT2D eigenvalue weighted by Crippen LogP contribution is -2.32. The van der Waals surface area contributed by atoms with Gasteiger partial charge >= 0.3 is 0 Å². The van der Waals surface area contributed by atoms with Crippen molar-refractivity contribution in [3.8, 4) is 11.5 Å². The van der Waals surface area contributed by atoms with E-state index >= 15 is 0 Å². The van der Waals surface area contributed by atoms with E-state index in [1.165, 1.54) is 0 Å². The van der Waals surface area contributed by atoms with Gasteiger partial charge in [0.25, 0.3) is 0 Å². The number of methoxy groups -OCH3 is 1. The second-order valence-electron chi connectivity index (χ2n) is 4.48. The minimum absolute atomic E-state index is 0.230. The number of aliphatic hydroxyl groups is 2. The molecule has 0 spiro atoms. The highest BCUT2D eigenvalue weighted by atomic mass is 16.5. The van der Waals surface area contributed by atoms with Crippen molar-refractivity contribution in [2.45, 2.75) is 25.6 Å². The highest BCUT2D eigenvalue weighted by Gasteiger charge is 2.05. The summed E-state index contributed by atoms with van der Waals surface area (Å²) in [5.41, 5.74) is 0. The van der Waals surface area contributed by atoms with Gasteiger partial charge in [0.2, 0.25) is 0 Å². The molecule has 0 heterocycles. The quantitative estimate of drug-likeness (QED) is 0.578. The highest BCUT2D eigenvalue weighted by Crippen LogP contribution is 2.16. The minimum Gasteiger partial charge on any atom is -0.497 e. The van der Waals surface area contributed by atoms with Crippen LogP contribution in [-0.2, 0) is 0 Å². The largest absolute Gasteiger partial charge is 0.497 e. The van der Waals surface area contributed by atoms with Crippen molar-refractivity contribution >= 4 is 0 Å². The number of hydrogen-bond acceptors (Lipinski definition) is 5. The molecular weight excluding hydrogens is 246 g/mol. The molecular formula is C14H23NO4. The number of nitrogens with one attached hydrogen (secondary N) is 1. The maximum absolute atomic E-state index is 9.70. The van der Waals surface area contributed by atoms with Crippen LogP contribution in [0.2, 0.25) is 0 Å². The first kappa shape index (κ1) is 15.8. The van der Waals surface area contributed by atoms with Gasteiger partial charge in [0.05, 0.1) is 13.2 Å². The highest BCUT2D eigenvalue weighted by molar-refractivity contribution is 5.31. The Bertz CT molecular complexity index is 340. The molecule has 0 saturated carbocycles. The van der Waals surface area contributed by atoms with Crippen LogP contribution in [0.25, 0.3) is 0 Å². The van der Waals surface area contributed by atoms with E-state index in [0.29, 0.717) is 25.3 Å². The fourth-order valence-electron chi connectivity index (χ4n) is 1.50. The molecule has 108 valence electrons. The average molecular weight is 269 g/mol.